The molecule has 0 atom stereocenters. The number of hydroxylamine groups is 2. The van der Waals surface area contributed by atoms with Crippen LogP contribution < -0.4 is 0 Å². The number of nitrogens with zero attached hydrogens (tertiary/aromatic N) is 3. The number of pyridine rings is 2. The lowest BCUT2D eigenvalue weighted by Crippen LogP contribution is -2.59. The van der Waals surface area contributed by atoms with E-state index < -0.39 is 0 Å². The van der Waals surface area contributed by atoms with Gasteiger partial charge < -0.3 is 19.7 Å². The van der Waals surface area contributed by atoms with E-state index in [4.69, 9.17) is 9.47 Å². The van der Waals surface area contributed by atoms with Crippen LogP contribution >= 0.6 is 0 Å². The number of benzene rings is 1. The minimum Gasteiger partial charge on any atom is -0.784 e. The Morgan fingerprint density at radius 2 is 1.66 bits per heavy atom. The summed E-state index contributed by atoms with van der Waals surface area (Å²) in [5.74, 6) is 0. The highest BCUT2D eigenvalue weighted by Crippen LogP contribution is 2.38. The van der Waals surface area contributed by atoms with Crippen LogP contribution in [0.15, 0.2) is 42.7 Å². The van der Waals surface area contributed by atoms with Crippen molar-refractivity contribution in [3.05, 3.63) is 53.5 Å². The molecule has 1 aliphatic heterocycles. The molecule has 32 heavy (non-hydrogen) atoms. The zero-order valence-electron chi connectivity index (χ0n) is 19.6. The average molecular weight is 437 g/mol. The van der Waals surface area contributed by atoms with Crippen molar-refractivity contribution >= 4 is 21.8 Å². The van der Waals surface area contributed by atoms with E-state index in [0.717, 1.165) is 53.1 Å². The summed E-state index contributed by atoms with van der Waals surface area (Å²) in [6, 6.07) is 10.2. The minimum absolute atomic E-state index is 0.137. The Kier molecular flexibility index (Phi) is 6.77. The van der Waals surface area contributed by atoms with Crippen LogP contribution in [0.1, 0.15) is 58.9 Å². The summed E-state index contributed by atoms with van der Waals surface area (Å²) in [6.45, 7) is 9.98. The molecule has 1 fully saturated rings. The lowest BCUT2D eigenvalue weighted by atomic mass is 9.80. The molecule has 1 aliphatic rings. The van der Waals surface area contributed by atoms with Crippen LogP contribution in [0.4, 0.5) is 0 Å². The average Bonchev–Trinajstić information content (AvgIpc) is 2.76. The maximum atomic E-state index is 12.5. The molecule has 0 unspecified atom stereocenters. The second-order valence-corrected chi connectivity index (χ2v) is 10.1. The van der Waals surface area contributed by atoms with E-state index in [-0.39, 0.29) is 17.2 Å². The number of aromatic nitrogens is 2. The Morgan fingerprint density at radius 1 is 0.938 bits per heavy atom. The Balaban J connectivity index is 1.23. The lowest BCUT2D eigenvalue weighted by molar-refractivity contribution is -0.0819. The number of piperidine rings is 1. The van der Waals surface area contributed by atoms with Crippen molar-refractivity contribution in [1.29, 1.82) is 0 Å². The first kappa shape index (κ1) is 23.1. The molecule has 0 amide bonds. The second kappa shape index (κ2) is 9.40. The fraction of sp³-hybridized carbons (Fsp3) is 0.538. The number of hydrogen-bond donors (Lipinski definition) is 0. The van der Waals surface area contributed by atoms with Gasteiger partial charge in [-0.2, -0.15) is 0 Å². The van der Waals surface area contributed by atoms with Crippen molar-refractivity contribution < 1.29 is 9.47 Å². The number of fused-ring (bicyclic) bond motifs is 3. The zero-order chi connectivity index (χ0) is 22.8. The van der Waals surface area contributed by atoms with Gasteiger partial charge in [0.15, 0.2) is 0 Å². The first-order valence-electron chi connectivity index (χ1n) is 11.6. The van der Waals surface area contributed by atoms with Crippen LogP contribution in [0.5, 0.6) is 0 Å². The quantitative estimate of drug-likeness (QED) is 0.337. The predicted octanol–water partition coefficient (Wildman–Crippen LogP) is 5.62. The molecule has 6 heteroatoms. The number of rotatable bonds is 8. The summed E-state index contributed by atoms with van der Waals surface area (Å²) in [5, 5.41) is 15.9. The Labute approximate surface area is 190 Å². The summed E-state index contributed by atoms with van der Waals surface area (Å²) >= 11 is 0. The van der Waals surface area contributed by atoms with Gasteiger partial charge in [-0.3, -0.25) is 9.97 Å². The van der Waals surface area contributed by atoms with Crippen molar-refractivity contribution in [2.45, 2.75) is 77.2 Å². The van der Waals surface area contributed by atoms with Gasteiger partial charge in [0, 0.05) is 47.5 Å². The van der Waals surface area contributed by atoms with E-state index in [9.17, 15) is 5.21 Å². The fourth-order valence-corrected chi connectivity index (χ4v) is 4.96. The summed E-state index contributed by atoms with van der Waals surface area (Å²) in [7, 11) is 0. The highest BCUT2D eigenvalue weighted by molar-refractivity contribution is 6.03. The van der Waals surface area contributed by atoms with Crippen molar-refractivity contribution in [3.8, 4) is 0 Å². The topological polar surface area (TPSA) is 70.5 Å². The third-order valence-electron chi connectivity index (χ3n) is 6.42. The SMILES string of the molecule is CC1(C)CC(OCCCCOCc2ccnc3c2ccc2cccnc23)CC(C)(C)N1[O-]. The molecule has 4 rings (SSSR count). The Hall–Kier alpha value is -2.12. The van der Waals surface area contributed by atoms with E-state index in [1.54, 1.807) is 6.20 Å². The van der Waals surface area contributed by atoms with Gasteiger partial charge in [-0.15, -0.1) is 0 Å². The van der Waals surface area contributed by atoms with Gasteiger partial charge in [0.2, 0.25) is 0 Å². The second-order valence-electron chi connectivity index (χ2n) is 10.1. The van der Waals surface area contributed by atoms with Crippen LogP contribution in [-0.4, -0.2) is 45.4 Å². The van der Waals surface area contributed by atoms with E-state index >= 15 is 0 Å². The molecule has 2 aromatic heterocycles. The Morgan fingerprint density at radius 3 is 2.44 bits per heavy atom. The minimum atomic E-state index is -0.385. The molecule has 3 heterocycles. The molecule has 0 spiro atoms. The molecule has 0 radical (unpaired) electrons. The summed E-state index contributed by atoms with van der Waals surface area (Å²) < 4.78 is 12.1. The molecule has 0 saturated carbocycles. The van der Waals surface area contributed by atoms with E-state index in [1.165, 1.54) is 5.06 Å². The van der Waals surface area contributed by atoms with Crippen molar-refractivity contribution in [1.82, 2.24) is 15.0 Å². The molecule has 1 saturated heterocycles. The number of hydrogen-bond acceptors (Lipinski definition) is 6. The number of unbranched alkanes of at least 4 members (excludes halogenated alkanes) is 1. The summed E-state index contributed by atoms with van der Waals surface area (Å²) in [5.41, 5.74) is 2.21. The van der Waals surface area contributed by atoms with Crippen LogP contribution in [0.2, 0.25) is 0 Å². The molecular weight excluding hydrogens is 402 g/mol. The van der Waals surface area contributed by atoms with Gasteiger partial charge in [0.1, 0.15) is 0 Å². The first-order chi connectivity index (χ1) is 15.3. The van der Waals surface area contributed by atoms with Gasteiger partial charge in [-0.1, -0.05) is 18.2 Å². The van der Waals surface area contributed by atoms with Crippen LogP contribution in [0.25, 0.3) is 21.8 Å². The standard InChI is InChI=1S/C26H34N3O3/c1-25(2)16-21(17-26(3,4)29(25)30)32-15-6-5-14-31-18-20-11-13-28-24-22(20)10-9-19-8-7-12-27-23(19)24/h7-13,21H,5-6,14-18H2,1-4H3/q-1. The normalized spacial score (nSPS) is 19.0. The van der Waals surface area contributed by atoms with Crippen LogP contribution in [0, 0.1) is 5.21 Å². The van der Waals surface area contributed by atoms with Crippen LogP contribution in [-0.2, 0) is 16.1 Å². The zero-order valence-corrected chi connectivity index (χ0v) is 19.6. The molecule has 3 aromatic rings. The molecule has 0 aliphatic carbocycles. The lowest BCUT2D eigenvalue weighted by Gasteiger charge is -2.59. The van der Waals surface area contributed by atoms with Gasteiger partial charge in [0.25, 0.3) is 0 Å². The molecular formula is C26H34N3O3-. The Bertz CT molecular complexity index is 1050. The monoisotopic (exact) mass is 436 g/mol. The molecule has 6 nitrogen and oxygen atoms in total. The first-order valence-corrected chi connectivity index (χ1v) is 11.6. The van der Waals surface area contributed by atoms with Gasteiger partial charge in [-0.25, -0.2) is 0 Å². The largest absolute Gasteiger partial charge is 0.784 e. The van der Waals surface area contributed by atoms with Crippen molar-refractivity contribution in [2.75, 3.05) is 13.2 Å². The maximum Gasteiger partial charge on any atom is 0.0968 e. The molecule has 1 aromatic carbocycles. The third kappa shape index (κ3) is 4.94. The van der Waals surface area contributed by atoms with E-state index in [0.29, 0.717) is 19.8 Å². The van der Waals surface area contributed by atoms with Crippen LogP contribution in [0.3, 0.4) is 0 Å². The molecule has 172 valence electrons. The van der Waals surface area contributed by atoms with Gasteiger partial charge >= 0.3 is 0 Å². The van der Waals surface area contributed by atoms with Gasteiger partial charge in [0.05, 0.1) is 23.7 Å². The summed E-state index contributed by atoms with van der Waals surface area (Å²) in [6.07, 6.45) is 7.21. The highest BCUT2D eigenvalue weighted by Gasteiger charge is 2.40. The molecule has 0 bridgehead atoms. The predicted molar refractivity (Wildman–Crippen MR) is 128 cm³/mol. The van der Waals surface area contributed by atoms with Crippen molar-refractivity contribution in [3.63, 3.8) is 0 Å². The van der Waals surface area contributed by atoms with E-state index in [1.807, 2.05) is 46.0 Å². The highest BCUT2D eigenvalue weighted by atomic mass is 16.5. The van der Waals surface area contributed by atoms with Gasteiger partial charge in [-0.05, 0) is 71.1 Å². The number of ether oxygens (including phenoxy) is 2. The summed E-state index contributed by atoms with van der Waals surface area (Å²) in [4.78, 5) is 9.05. The fourth-order valence-electron chi connectivity index (χ4n) is 4.96. The van der Waals surface area contributed by atoms with Crippen molar-refractivity contribution in [2.24, 2.45) is 0 Å². The smallest absolute Gasteiger partial charge is 0.0968 e. The maximum absolute atomic E-state index is 12.5. The third-order valence-corrected chi connectivity index (χ3v) is 6.42. The van der Waals surface area contributed by atoms with E-state index in [2.05, 4.69) is 28.2 Å². The molecule has 0 N–H and O–H groups in total.